The number of thiazole rings is 1. The minimum atomic E-state index is -0.658. The van der Waals surface area contributed by atoms with E-state index in [1.54, 1.807) is 35.6 Å². The molecule has 1 saturated heterocycles. The maximum Gasteiger partial charge on any atom is 0.255 e. The highest BCUT2D eigenvalue weighted by atomic mass is 32.1. The van der Waals surface area contributed by atoms with Crippen molar-refractivity contribution in [2.45, 2.75) is 25.4 Å². The molecule has 4 heterocycles. The van der Waals surface area contributed by atoms with Gasteiger partial charge in [-0.15, -0.1) is 11.3 Å². The molecule has 13 heteroatoms. The number of imide groups is 1. The van der Waals surface area contributed by atoms with Gasteiger partial charge in [-0.05, 0) is 66.1 Å². The van der Waals surface area contributed by atoms with Gasteiger partial charge in [-0.1, -0.05) is 24.3 Å². The van der Waals surface area contributed by atoms with Crippen molar-refractivity contribution in [3.8, 4) is 27.4 Å². The Bertz CT molecular complexity index is 2110. The van der Waals surface area contributed by atoms with Crippen LogP contribution in [0.25, 0.3) is 31.9 Å². The smallest absolute Gasteiger partial charge is 0.255 e. The van der Waals surface area contributed by atoms with Crippen LogP contribution < -0.4 is 20.3 Å². The van der Waals surface area contributed by atoms with Crippen LogP contribution in [0.3, 0.4) is 0 Å². The van der Waals surface area contributed by atoms with Gasteiger partial charge in [0, 0.05) is 62.1 Å². The van der Waals surface area contributed by atoms with Crippen molar-refractivity contribution in [1.29, 1.82) is 0 Å². The molecule has 51 heavy (non-hydrogen) atoms. The molecule has 2 N–H and O–H groups in total. The third kappa shape index (κ3) is 7.44. The third-order valence-electron chi connectivity index (χ3n) is 8.85. The quantitative estimate of drug-likeness (QED) is 0.140. The Hall–Kier alpha value is -5.66. The number of hydrogen-bond donors (Lipinski definition) is 2. The van der Waals surface area contributed by atoms with Crippen LogP contribution in [0, 0.1) is 0 Å². The Morgan fingerprint density at radius 2 is 1.76 bits per heavy atom. The Balaban J connectivity index is 0.849. The molecular weight excluding hydrogens is 669 g/mol. The molecule has 1 unspecified atom stereocenters. The summed E-state index contributed by atoms with van der Waals surface area (Å²) in [5, 5.41) is 6.09. The predicted molar refractivity (Wildman–Crippen MR) is 194 cm³/mol. The van der Waals surface area contributed by atoms with E-state index in [0.717, 1.165) is 43.3 Å². The summed E-state index contributed by atoms with van der Waals surface area (Å²) in [6.45, 7) is 1.52. The fourth-order valence-electron chi connectivity index (χ4n) is 6.12. The van der Waals surface area contributed by atoms with E-state index >= 15 is 0 Å². The molecule has 0 radical (unpaired) electrons. The van der Waals surface area contributed by atoms with Gasteiger partial charge >= 0.3 is 0 Å². The van der Waals surface area contributed by atoms with E-state index in [-0.39, 0.29) is 37.3 Å². The van der Waals surface area contributed by atoms with Gasteiger partial charge in [0.15, 0.2) is 0 Å². The number of aromatic nitrogens is 2. The summed E-state index contributed by atoms with van der Waals surface area (Å²) < 4.78 is 12.4. The van der Waals surface area contributed by atoms with Gasteiger partial charge in [-0.3, -0.25) is 24.5 Å². The number of pyridine rings is 1. The zero-order valence-corrected chi connectivity index (χ0v) is 29.0. The molecule has 3 aromatic carbocycles. The van der Waals surface area contributed by atoms with Crippen molar-refractivity contribution in [1.82, 2.24) is 25.5 Å². The molecule has 1 atom stereocenters. The molecule has 0 aliphatic carbocycles. The number of hydrogen-bond acceptors (Lipinski definition) is 10. The fraction of sp³-hybridized carbons (Fsp3) is 0.263. The molecule has 12 nitrogen and oxygen atoms in total. The van der Waals surface area contributed by atoms with Gasteiger partial charge in [0.2, 0.25) is 11.8 Å². The Kier molecular flexibility index (Phi) is 9.73. The first-order chi connectivity index (χ1) is 24.7. The summed E-state index contributed by atoms with van der Waals surface area (Å²) in [5.74, 6) is 0.325. The van der Waals surface area contributed by atoms with Crippen LogP contribution in [-0.2, 0) is 20.9 Å². The number of amides is 4. The Morgan fingerprint density at radius 1 is 0.961 bits per heavy atom. The molecular formula is C38H36N6O6S. The van der Waals surface area contributed by atoms with Crippen LogP contribution >= 0.6 is 11.3 Å². The average Bonchev–Trinajstić information content (AvgIpc) is 3.71. The highest BCUT2D eigenvalue weighted by Crippen LogP contribution is 2.33. The molecule has 0 bridgehead atoms. The lowest BCUT2D eigenvalue weighted by Crippen LogP contribution is -2.52. The largest absolute Gasteiger partial charge is 0.491 e. The number of piperidine rings is 1. The monoisotopic (exact) mass is 704 g/mol. The summed E-state index contributed by atoms with van der Waals surface area (Å²) in [7, 11) is 3.93. The van der Waals surface area contributed by atoms with Gasteiger partial charge in [0.25, 0.3) is 11.8 Å². The van der Waals surface area contributed by atoms with Gasteiger partial charge in [-0.2, -0.15) is 0 Å². The topological polar surface area (TPSA) is 143 Å². The SMILES string of the molecule is CN(C)c1ccc(-c2ccc(-c3nc4ccc(C(=O)NCCOCCOc5ccc6c(c5)CN(C5CCC(=O)NC5=O)C6=O)cc4s3)cc2)cn1. The zero-order chi connectivity index (χ0) is 35.5. The number of nitrogens with one attached hydrogen (secondary N) is 2. The van der Waals surface area contributed by atoms with Crippen LogP contribution in [0.1, 0.15) is 39.1 Å². The second-order valence-corrected chi connectivity index (χ2v) is 13.5. The average molecular weight is 705 g/mol. The number of carbonyl (C=O) groups excluding carboxylic acids is 4. The van der Waals surface area contributed by atoms with Crippen molar-refractivity contribution in [3.63, 3.8) is 0 Å². The number of carbonyl (C=O) groups is 4. The van der Waals surface area contributed by atoms with Gasteiger partial charge in [0.05, 0.1) is 23.4 Å². The number of ether oxygens (including phenoxy) is 2. The molecule has 0 saturated carbocycles. The van der Waals surface area contributed by atoms with E-state index in [4.69, 9.17) is 14.5 Å². The predicted octanol–water partition coefficient (Wildman–Crippen LogP) is 4.68. The van der Waals surface area contributed by atoms with E-state index in [9.17, 15) is 19.2 Å². The van der Waals surface area contributed by atoms with E-state index in [0.29, 0.717) is 43.1 Å². The molecule has 4 amide bonds. The minimum absolute atomic E-state index is 0.191. The van der Waals surface area contributed by atoms with E-state index in [1.807, 2.05) is 43.4 Å². The van der Waals surface area contributed by atoms with Gasteiger partial charge < -0.3 is 24.6 Å². The van der Waals surface area contributed by atoms with Crippen LogP contribution in [0.15, 0.2) is 79.0 Å². The van der Waals surface area contributed by atoms with Crippen LogP contribution in [0.4, 0.5) is 5.82 Å². The minimum Gasteiger partial charge on any atom is -0.491 e. The molecule has 2 aromatic heterocycles. The van der Waals surface area contributed by atoms with Crippen LogP contribution in [0.2, 0.25) is 0 Å². The van der Waals surface area contributed by atoms with E-state index in [2.05, 4.69) is 45.9 Å². The number of nitrogens with zero attached hydrogens (tertiary/aromatic N) is 4. The first-order valence-corrected chi connectivity index (χ1v) is 17.5. The second-order valence-electron chi connectivity index (χ2n) is 12.5. The van der Waals surface area contributed by atoms with E-state index in [1.165, 1.54) is 4.90 Å². The summed E-state index contributed by atoms with van der Waals surface area (Å²) in [6.07, 6.45) is 2.40. The molecule has 2 aliphatic heterocycles. The zero-order valence-electron chi connectivity index (χ0n) is 28.2. The summed E-state index contributed by atoms with van der Waals surface area (Å²) in [4.78, 5) is 62.3. The second kappa shape index (κ2) is 14.7. The first-order valence-electron chi connectivity index (χ1n) is 16.6. The molecule has 260 valence electrons. The molecule has 5 aromatic rings. The Morgan fingerprint density at radius 3 is 2.53 bits per heavy atom. The maximum atomic E-state index is 12.9. The highest BCUT2D eigenvalue weighted by molar-refractivity contribution is 7.21. The Labute approximate surface area is 298 Å². The lowest BCUT2D eigenvalue weighted by atomic mass is 10.0. The first kappa shape index (κ1) is 33.8. The van der Waals surface area contributed by atoms with Crippen molar-refractivity contribution in [3.05, 3.63) is 95.7 Å². The lowest BCUT2D eigenvalue weighted by Gasteiger charge is -2.29. The summed E-state index contributed by atoms with van der Waals surface area (Å²) >= 11 is 1.54. The summed E-state index contributed by atoms with van der Waals surface area (Å²) in [5.41, 5.74) is 5.82. The summed E-state index contributed by atoms with van der Waals surface area (Å²) in [6, 6.07) is 22.4. The number of fused-ring (bicyclic) bond motifs is 2. The molecule has 0 spiro atoms. The lowest BCUT2D eigenvalue weighted by molar-refractivity contribution is -0.136. The fourth-order valence-corrected chi connectivity index (χ4v) is 7.13. The standard InChI is InChI=1S/C38H36N6O6S/c1-43(2)33-13-8-26(21-40-33)23-3-5-24(6-4-23)37-41-30-11-7-25(20-32(30)51-37)35(46)39-15-16-49-17-18-50-28-9-10-29-27(19-28)22-44(38(29)48)31-12-14-34(45)42-36(31)47/h3-11,13,19-21,31H,12,14-18,22H2,1-2H3,(H,39,46)(H,42,45,47). The number of benzene rings is 3. The van der Waals surface area contributed by atoms with Crippen LogP contribution in [0.5, 0.6) is 5.75 Å². The van der Waals surface area contributed by atoms with Gasteiger partial charge in [0.1, 0.15) is 29.2 Å². The van der Waals surface area contributed by atoms with Crippen molar-refractivity contribution in [2.75, 3.05) is 45.4 Å². The van der Waals surface area contributed by atoms with Crippen molar-refractivity contribution >= 4 is 51.0 Å². The van der Waals surface area contributed by atoms with Crippen molar-refractivity contribution in [2.24, 2.45) is 0 Å². The number of anilines is 1. The normalized spacial score (nSPS) is 15.5. The molecule has 1 fully saturated rings. The molecule has 7 rings (SSSR count). The van der Waals surface area contributed by atoms with Crippen LogP contribution in [-0.4, -0.2) is 85.0 Å². The maximum absolute atomic E-state index is 12.9. The molecule has 2 aliphatic rings. The third-order valence-corrected chi connectivity index (χ3v) is 9.91. The van der Waals surface area contributed by atoms with Crippen molar-refractivity contribution < 1.29 is 28.7 Å². The van der Waals surface area contributed by atoms with E-state index < -0.39 is 11.9 Å². The van der Waals surface area contributed by atoms with Gasteiger partial charge in [-0.25, -0.2) is 9.97 Å². The highest BCUT2D eigenvalue weighted by Gasteiger charge is 2.39. The number of rotatable bonds is 12.